The molecule has 2 rings (SSSR count). The van der Waals surface area contributed by atoms with Crippen LogP contribution in [-0.2, 0) is 16.1 Å². The van der Waals surface area contributed by atoms with Crippen molar-refractivity contribution >= 4 is 41.0 Å². The lowest BCUT2D eigenvalue weighted by atomic mass is 10.2. The van der Waals surface area contributed by atoms with E-state index in [2.05, 4.69) is 35.6 Å². The van der Waals surface area contributed by atoms with E-state index in [9.17, 15) is 4.79 Å². The van der Waals surface area contributed by atoms with Gasteiger partial charge in [-0.15, -0.1) is 0 Å². The van der Waals surface area contributed by atoms with Crippen molar-refractivity contribution in [2.75, 3.05) is 6.61 Å². The lowest BCUT2D eigenvalue weighted by Crippen LogP contribution is -2.26. The average molecular weight is 426 g/mol. The highest BCUT2D eigenvalue weighted by Gasteiger charge is 2.19. The SMILES string of the molecule is CC(C)(C)OC(=O)n1ccc2cc(Br)c(COCC[Si](C)(C)C)cc21. The Morgan fingerprint density at radius 3 is 2.52 bits per heavy atom. The number of fused-ring (bicyclic) bond motifs is 1. The minimum atomic E-state index is -1.09. The molecule has 0 saturated carbocycles. The lowest BCUT2D eigenvalue weighted by molar-refractivity contribution is 0.0544. The van der Waals surface area contributed by atoms with Crippen molar-refractivity contribution in [2.24, 2.45) is 0 Å². The minimum Gasteiger partial charge on any atom is -0.443 e. The van der Waals surface area contributed by atoms with Crippen molar-refractivity contribution in [3.05, 3.63) is 34.4 Å². The molecule has 4 nitrogen and oxygen atoms in total. The number of hydrogen-bond donors (Lipinski definition) is 0. The van der Waals surface area contributed by atoms with Crippen LogP contribution in [0.5, 0.6) is 0 Å². The molecular formula is C19H28BrNO3Si. The first-order valence-corrected chi connectivity index (χ1v) is 13.1. The number of carbonyl (C=O) groups is 1. The smallest absolute Gasteiger partial charge is 0.418 e. The molecule has 1 aromatic carbocycles. The zero-order valence-electron chi connectivity index (χ0n) is 16.0. The number of aromatic nitrogens is 1. The fraction of sp³-hybridized carbons (Fsp3) is 0.526. The van der Waals surface area contributed by atoms with E-state index >= 15 is 0 Å². The van der Waals surface area contributed by atoms with E-state index in [1.54, 1.807) is 10.8 Å². The van der Waals surface area contributed by atoms with E-state index in [-0.39, 0.29) is 6.09 Å². The molecule has 0 unspecified atom stereocenters. The first kappa shape index (κ1) is 20.2. The van der Waals surface area contributed by atoms with Crippen LogP contribution in [0.15, 0.2) is 28.9 Å². The minimum absolute atomic E-state index is 0.365. The summed E-state index contributed by atoms with van der Waals surface area (Å²) < 4.78 is 13.9. The Bertz CT molecular complexity index is 756. The Labute approximate surface area is 159 Å². The first-order chi connectivity index (χ1) is 11.5. The molecule has 2 aromatic rings. The van der Waals surface area contributed by atoms with Gasteiger partial charge in [0.1, 0.15) is 5.60 Å². The van der Waals surface area contributed by atoms with E-state index in [0.717, 1.165) is 33.6 Å². The van der Waals surface area contributed by atoms with Gasteiger partial charge in [0.25, 0.3) is 0 Å². The van der Waals surface area contributed by atoms with Gasteiger partial charge in [0.15, 0.2) is 0 Å². The van der Waals surface area contributed by atoms with Gasteiger partial charge in [-0.2, -0.15) is 0 Å². The van der Waals surface area contributed by atoms with E-state index in [1.165, 1.54) is 0 Å². The van der Waals surface area contributed by atoms with E-state index in [1.807, 2.05) is 39.0 Å². The van der Waals surface area contributed by atoms with Crippen molar-refractivity contribution in [3.8, 4) is 0 Å². The summed E-state index contributed by atoms with van der Waals surface area (Å²) in [7, 11) is -1.09. The van der Waals surface area contributed by atoms with Gasteiger partial charge < -0.3 is 9.47 Å². The van der Waals surface area contributed by atoms with Crippen LogP contribution in [0.3, 0.4) is 0 Å². The molecule has 0 aliphatic rings. The number of hydrogen-bond acceptors (Lipinski definition) is 3. The standard InChI is InChI=1S/C19H28BrNO3Si/c1-19(2,3)24-18(22)21-8-7-14-11-16(20)15(12-17(14)21)13-23-9-10-25(4,5)6/h7-8,11-12H,9-10,13H2,1-6H3. The number of ether oxygens (including phenoxy) is 2. The van der Waals surface area contributed by atoms with Crippen LogP contribution < -0.4 is 0 Å². The first-order valence-electron chi connectivity index (χ1n) is 8.57. The summed E-state index contributed by atoms with van der Waals surface area (Å²) in [5.41, 5.74) is 1.35. The fourth-order valence-corrected chi connectivity index (χ4v) is 3.57. The number of rotatable bonds is 5. The lowest BCUT2D eigenvalue weighted by Gasteiger charge is -2.20. The maximum Gasteiger partial charge on any atom is 0.418 e. The second kappa shape index (κ2) is 7.64. The topological polar surface area (TPSA) is 40.5 Å². The molecule has 1 heterocycles. The van der Waals surface area contributed by atoms with Gasteiger partial charge in [-0.25, -0.2) is 4.79 Å². The van der Waals surface area contributed by atoms with Gasteiger partial charge in [0.05, 0.1) is 12.1 Å². The average Bonchev–Trinajstić information content (AvgIpc) is 2.83. The van der Waals surface area contributed by atoms with Crippen LogP contribution in [0.1, 0.15) is 26.3 Å². The molecule has 25 heavy (non-hydrogen) atoms. The molecule has 0 fully saturated rings. The highest BCUT2D eigenvalue weighted by molar-refractivity contribution is 9.10. The number of halogens is 1. The van der Waals surface area contributed by atoms with Crippen molar-refractivity contribution in [1.82, 2.24) is 4.57 Å². The predicted octanol–water partition coefficient (Wildman–Crippen LogP) is 6.04. The van der Waals surface area contributed by atoms with Crippen molar-refractivity contribution < 1.29 is 14.3 Å². The maximum absolute atomic E-state index is 12.4. The highest BCUT2D eigenvalue weighted by atomic mass is 79.9. The summed E-state index contributed by atoms with van der Waals surface area (Å²) in [5.74, 6) is 0. The van der Waals surface area contributed by atoms with Gasteiger partial charge in [-0.05, 0) is 50.6 Å². The quantitative estimate of drug-likeness (QED) is 0.432. The summed E-state index contributed by atoms with van der Waals surface area (Å²) >= 11 is 3.61. The van der Waals surface area contributed by atoms with Gasteiger partial charge in [-0.3, -0.25) is 4.57 Å². The Hall–Kier alpha value is -1.11. The highest BCUT2D eigenvalue weighted by Crippen LogP contribution is 2.27. The molecule has 0 spiro atoms. The van der Waals surface area contributed by atoms with Crippen molar-refractivity contribution in [1.29, 1.82) is 0 Å². The Morgan fingerprint density at radius 2 is 1.92 bits per heavy atom. The summed E-state index contributed by atoms with van der Waals surface area (Å²) in [4.78, 5) is 12.4. The molecule has 0 aliphatic heterocycles. The molecular weight excluding hydrogens is 398 g/mol. The van der Waals surface area contributed by atoms with E-state index in [0.29, 0.717) is 6.61 Å². The number of benzene rings is 1. The zero-order chi connectivity index (χ0) is 18.8. The third kappa shape index (κ3) is 5.97. The molecule has 138 valence electrons. The second-order valence-corrected chi connectivity index (χ2v) is 15.0. The molecule has 0 N–H and O–H groups in total. The summed E-state index contributed by atoms with van der Waals surface area (Å²) in [6.07, 6.45) is 1.39. The van der Waals surface area contributed by atoms with Crippen LogP contribution in [0.2, 0.25) is 25.7 Å². The van der Waals surface area contributed by atoms with Crippen LogP contribution in [0.25, 0.3) is 10.9 Å². The molecule has 6 heteroatoms. The third-order valence-electron chi connectivity index (χ3n) is 3.70. The van der Waals surface area contributed by atoms with Crippen LogP contribution in [0.4, 0.5) is 4.79 Å². The second-order valence-electron chi connectivity index (χ2n) is 8.53. The molecule has 0 amide bonds. The van der Waals surface area contributed by atoms with Crippen LogP contribution >= 0.6 is 15.9 Å². The Kier molecular flexibility index (Phi) is 6.17. The molecule has 0 aliphatic carbocycles. The molecule has 0 atom stereocenters. The van der Waals surface area contributed by atoms with E-state index < -0.39 is 13.7 Å². The van der Waals surface area contributed by atoms with Crippen LogP contribution in [-0.4, -0.2) is 30.9 Å². The van der Waals surface area contributed by atoms with Crippen molar-refractivity contribution in [2.45, 2.75) is 58.7 Å². The third-order valence-corrected chi connectivity index (χ3v) is 6.14. The number of carbonyl (C=O) groups excluding carboxylic acids is 1. The summed E-state index contributed by atoms with van der Waals surface area (Å²) in [6.45, 7) is 13.9. The normalized spacial score (nSPS) is 12.6. The fourth-order valence-electron chi connectivity index (χ4n) is 2.34. The molecule has 0 saturated heterocycles. The van der Waals surface area contributed by atoms with Crippen LogP contribution in [0, 0.1) is 0 Å². The zero-order valence-corrected chi connectivity index (χ0v) is 18.6. The van der Waals surface area contributed by atoms with Gasteiger partial charge >= 0.3 is 6.09 Å². The number of nitrogens with zero attached hydrogens (tertiary/aromatic N) is 1. The summed E-state index contributed by atoms with van der Waals surface area (Å²) in [5, 5.41) is 0.989. The molecule has 1 aromatic heterocycles. The predicted molar refractivity (Wildman–Crippen MR) is 109 cm³/mol. The van der Waals surface area contributed by atoms with Gasteiger partial charge in [-0.1, -0.05) is 35.6 Å². The van der Waals surface area contributed by atoms with Gasteiger partial charge in [0.2, 0.25) is 0 Å². The largest absolute Gasteiger partial charge is 0.443 e. The maximum atomic E-state index is 12.4. The molecule has 0 bridgehead atoms. The Balaban J connectivity index is 2.18. The molecule has 0 radical (unpaired) electrons. The van der Waals surface area contributed by atoms with E-state index in [4.69, 9.17) is 9.47 Å². The van der Waals surface area contributed by atoms with Gasteiger partial charge in [0, 0.05) is 30.7 Å². The Morgan fingerprint density at radius 1 is 1.24 bits per heavy atom. The monoisotopic (exact) mass is 425 g/mol. The van der Waals surface area contributed by atoms with Crippen molar-refractivity contribution in [3.63, 3.8) is 0 Å². The summed E-state index contributed by atoms with van der Waals surface area (Å²) in [6, 6.07) is 7.08.